The second-order valence-corrected chi connectivity index (χ2v) is 3.03. The number of hydrogen-bond donors (Lipinski definition) is 0. The summed E-state index contributed by atoms with van der Waals surface area (Å²) in [6, 6.07) is 7.63. The van der Waals surface area contributed by atoms with Gasteiger partial charge >= 0.3 is 0 Å². The van der Waals surface area contributed by atoms with Crippen molar-refractivity contribution in [1.29, 1.82) is 5.26 Å². The molecule has 0 radical (unpaired) electrons. The number of aromatic nitrogens is 2. The van der Waals surface area contributed by atoms with E-state index in [0.29, 0.717) is 5.56 Å². The maximum atomic E-state index is 8.72. The lowest BCUT2D eigenvalue weighted by molar-refractivity contribution is 0.886. The van der Waals surface area contributed by atoms with Crippen molar-refractivity contribution in [2.24, 2.45) is 7.05 Å². The Morgan fingerprint density at radius 1 is 1.46 bits per heavy atom. The van der Waals surface area contributed by atoms with E-state index in [1.165, 1.54) is 0 Å². The number of nitrogens with zero attached hydrogens (tertiary/aromatic N) is 3. The van der Waals surface area contributed by atoms with Crippen molar-refractivity contribution in [1.82, 2.24) is 9.55 Å². The summed E-state index contributed by atoms with van der Waals surface area (Å²) < 4.78 is 1.98. The minimum absolute atomic E-state index is 0.676. The van der Waals surface area contributed by atoms with Crippen LogP contribution in [0.4, 0.5) is 0 Å². The van der Waals surface area contributed by atoms with Gasteiger partial charge in [-0.3, -0.25) is 0 Å². The summed E-state index contributed by atoms with van der Waals surface area (Å²) in [5.41, 5.74) is 2.63. The normalized spacial score (nSPS) is 10.2. The second-order valence-electron chi connectivity index (χ2n) is 3.03. The maximum Gasteiger partial charge on any atom is 0.106 e. The van der Waals surface area contributed by atoms with Crippen LogP contribution in [0.5, 0.6) is 0 Å². The highest BCUT2D eigenvalue weighted by Gasteiger charge is 2.03. The van der Waals surface area contributed by atoms with Gasteiger partial charge in [-0.05, 0) is 25.1 Å². The van der Waals surface area contributed by atoms with Gasteiger partial charge < -0.3 is 4.57 Å². The van der Waals surface area contributed by atoms with Crippen LogP contribution in [0.3, 0.4) is 0 Å². The molecule has 0 bridgehead atoms. The molecule has 0 saturated carbocycles. The van der Waals surface area contributed by atoms with E-state index in [4.69, 9.17) is 5.26 Å². The highest BCUT2D eigenvalue weighted by molar-refractivity contribution is 5.77. The van der Waals surface area contributed by atoms with E-state index in [-0.39, 0.29) is 0 Å². The zero-order valence-corrected chi connectivity index (χ0v) is 7.57. The van der Waals surface area contributed by atoms with E-state index in [2.05, 4.69) is 11.1 Å². The molecule has 0 atom stereocenters. The Morgan fingerprint density at radius 3 is 2.92 bits per heavy atom. The fraction of sp³-hybridized carbons (Fsp3) is 0.200. The van der Waals surface area contributed by atoms with Crippen molar-refractivity contribution >= 4 is 11.0 Å². The van der Waals surface area contributed by atoms with Gasteiger partial charge in [-0.2, -0.15) is 5.26 Å². The topological polar surface area (TPSA) is 41.6 Å². The molecule has 0 unspecified atom stereocenters. The Hall–Kier alpha value is -1.82. The molecule has 3 nitrogen and oxygen atoms in total. The molecule has 0 spiro atoms. The molecule has 1 aromatic carbocycles. The van der Waals surface area contributed by atoms with Crippen molar-refractivity contribution in [2.75, 3.05) is 0 Å². The standard InChI is InChI=1S/C10H9N3/c1-7-12-9-4-3-8(6-11)5-10(9)13(7)2/h3-5H,1-2H3. The molecule has 1 heterocycles. The number of hydrogen-bond acceptors (Lipinski definition) is 2. The summed E-state index contributed by atoms with van der Waals surface area (Å²) in [5.74, 6) is 0.963. The quantitative estimate of drug-likeness (QED) is 0.606. The van der Waals surface area contributed by atoms with Gasteiger partial charge in [0.05, 0.1) is 22.7 Å². The zero-order valence-electron chi connectivity index (χ0n) is 7.57. The van der Waals surface area contributed by atoms with Crippen LogP contribution in [0.15, 0.2) is 18.2 Å². The summed E-state index contributed by atoms with van der Waals surface area (Å²) >= 11 is 0. The van der Waals surface area contributed by atoms with Crippen LogP contribution < -0.4 is 0 Å². The summed E-state index contributed by atoms with van der Waals surface area (Å²) in [4.78, 5) is 4.34. The molecule has 0 aliphatic heterocycles. The number of aryl methyl sites for hydroxylation is 2. The van der Waals surface area contributed by atoms with Crippen molar-refractivity contribution in [3.63, 3.8) is 0 Å². The van der Waals surface area contributed by atoms with Gasteiger partial charge in [0.2, 0.25) is 0 Å². The Morgan fingerprint density at radius 2 is 2.23 bits per heavy atom. The van der Waals surface area contributed by atoms with Crippen LogP contribution in [0.1, 0.15) is 11.4 Å². The van der Waals surface area contributed by atoms with E-state index in [1.54, 1.807) is 6.07 Å². The molecule has 0 aliphatic rings. The first-order chi connectivity index (χ1) is 6.22. The van der Waals surface area contributed by atoms with Crippen LogP contribution in [0.2, 0.25) is 0 Å². The molecular weight excluding hydrogens is 162 g/mol. The Labute approximate surface area is 76.2 Å². The molecule has 2 rings (SSSR count). The van der Waals surface area contributed by atoms with Crippen molar-refractivity contribution in [3.05, 3.63) is 29.6 Å². The minimum Gasteiger partial charge on any atom is -0.331 e. The van der Waals surface area contributed by atoms with Gasteiger partial charge in [0.15, 0.2) is 0 Å². The van der Waals surface area contributed by atoms with E-state index in [0.717, 1.165) is 16.9 Å². The lowest BCUT2D eigenvalue weighted by atomic mass is 10.2. The van der Waals surface area contributed by atoms with E-state index < -0.39 is 0 Å². The van der Waals surface area contributed by atoms with Crippen molar-refractivity contribution < 1.29 is 0 Å². The van der Waals surface area contributed by atoms with E-state index in [9.17, 15) is 0 Å². The minimum atomic E-state index is 0.676. The highest BCUT2D eigenvalue weighted by atomic mass is 15.0. The summed E-state index contributed by atoms with van der Waals surface area (Å²) in [6.45, 7) is 1.95. The highest BCUT2D eigenvalue weighted by Crippen LogP contribution is 2.15. The summed E-state index contributed by atoms with van der Waals surface area (Å²) in [6.07, 6.45) is 0. The molecule has 2 aromatic rings. The summed E-state index contributed by atoms with van der Waals surface area (Å²) in [7, 11) is 1.95. The first kappa shape index (κ1) is 7.81. The molecule has 0 aliphatic carbocycles. The monoisotopic (exact) mass is 171 g/mol. The number of imidazole rings is 1. The van der Waals surface area contributed by atoms with Crippen LogP contribution in [-0.4, -0.2) is 9.55 Å². The first-order valence-corrected chi connectivity index (χ1v) is 4.05. The van der Waals surface area contributed by atoms with Gasteiger partial charge in [0.25, 0.3) is 0 Å². The van der Waals surface area contributed by atoms with E-state index in [1.807, 2.05) is 30.7 Å². The third kappa shape index (κ3) is 1.07. The molecule has 0 amide bonds. The fourth-order valence-corrected chi connectivity index (χ4v) is 1.38. The van der Waals surface area contributed by atoms with Crippen molar-refractivity contribution in [3.8, 4) is 6.07 Å². The van der Waals surface area contributed by atoms with Gasteiger partial charge in [-0.15, -0.1) is 0 Å². The van der Waals surface area contributed by atoms with Gasteiger partial charge in [0, 0.05) is 7.05 Å². The Bertz CT molecular complexity index is 503. The Kier molecular flexibility index (Phi) is 1.56. The molecule has 13 heavy (non-hydrogen) atoms. The molecule has 64 valence electrons. The molecule has 0 fully saturated rings. The van der Waals surface area contributed by atoms with Gasteiger partial charge in [-0.25, -0.2) is 4.98 Å². The molecular formula is C10H9N3. The molecule has 1 aromatic heterocycles. The first-order valence-electron chi connectivity index (χ1n) is 4.05. The smallest absolute Gasteiger partial charge is 0.106 e. The maximum absolute atomic E-state index is 8.72. The zero-order chi connectivity index (χ0) is 9.42. The predicted octanol–water partition coefficient (Wildman–Crippen LogP) is 1.75. The molecule has 0 saturated heterocycles. The fourth-order valence-electron chi connectivity index (χ4n) is 1.38. The lowest BCUT2D eigenvalue weighted by Crippen LogP contribution is -1.90. The van der Waals surface area contributed by atoms with Crippen LogP contribution in [0, 0.1) is 18.3 Å². The average molecular weight is 171 g/mol. The van der Waals surface area contributed by atoms with Gasteiger partial charge in [-0.1, -0.05) is 0 Å². The second kappa shape index (κ2) is 2.60. The number of rotatable bonds is 0. The average Bonchev–Trinajstić information content (AvgIpc) is 2.43. The third-order valence-electron chi connectivity index (χ3n) is 2.23. The van der Waals surface area contributed by atoms with Gasteiger partial charge in [0.1, 0.15) is 5.82 Å². The number of nitriles is 1. The Balaban J connectivity index is 2.84. The number of fused-ring (bicyclic) bond motifs is 1. The third-order valence-corrected chi connectivity index (χ3v) is 2.23. The summed E-state index contributed by atoms with van der Waals surface area (Å²) in [5, 5.41) is 8.72. The SMILES string of the molecule is Cc1nc2ccc(C#N)cc2n1C. The predicted molar refractivity (Wildman–Crippen MR) is 50.2 cm³/mol. The van der Waals surface area contributed by atoms with Crippen LogP contribution >= 0.6 is 0 Å². The lowest BCUT2D eigenvalue weighted by Gasteiger charge is -1.95. The largest absolute Gasteiger partial charge is 0.331 e. The van der Waals surface area contributed by atoms with E-state index >= 15 is 0 Å². The van der Waals surface area contributed by atoms with Crippen molar-refractivity contribution in [2.45, 2.75) is 6.92 Å². The molecule has 0 N–H and O–H groups in total. The van der Waals surface area contributed by atoms with Crippen LogP contribution in [-0.2, 0) is 7.05 Å². The van der Waals surface area contributed by atoms with Crippen LogP contribution in [0.25, 0.3) is 11.0 Å². The number of benzene rings is 1. The molecule has 3 heteroatoms.